The molecule has 2 aromatic carbocycles. The van der Waals surface area contributed by atoms with Gasteiger partial charge in [-0.05, 0) is 73.3 Å². The molecule has 0 saturated carbocycles. The number of fused-ring (bicyclic) bond motifs is 1. The number of ether oxygens (including phenoxy) is 1. The summed E-state index contributed by atoms with van der Waals surface area (Å²) in [5, 5.41) is 4.08. The van der Waals surface area contributed by atoms with E-state index in [-0.39, 0.29) is 11.2 Å². The summed E-state index contributed by atoms with van der Waals surface area (Å²) in [6, 6.07) is 17.2. The zero-order chi connectivity index (χ0) is 24.7. The first kappa shape index (κ1) is 22.7. The van der Waals surface area contributed by atoms with E-state index in [1.54, 1.807) is 24.9 Å². The zero-order valence-corrected chi connectivity index (χ0v) is 20.4. The molecule has 0 fully saturated rings. The fraction of sp³-hybridized carbons (Fsp3) is 0.200. The van der Waals surface area contributed by atoms with Crippen LogP contribution in [-0.2, 0) is 14.1 Å². The summed E-state index contributed by atoms with van der Waals surface area (Å²) in [7, 11) is 3.10. The third kappa shape index (κ3) is 4.17. The first-order chi connectivity index (χ1) is 16.9. The Labute approximate surface area is 204 Å². The predicted molar refractivity (Wildman–Crippen MR) is 135 cm³/mol. The van der Waals surface area contributed by atoms with Crippen molar-refractivity contribution in [3.63, 3.8) is 0 Å². The summed E-state index contributed by atoms with van der Waals surface area (Å²) in [5.74, 6) is 1.52. The Morgan fingerprint density at radius 2 is 1.69 bits per heavy atom. The van der Waals surface area contributed by atoms with Gasteiger partial charge in [-0.3, -0.25) is 13.9 Å². The third-order valence-corrected chi connectivity index (χ3v) is 6.61. The van der Waals surface area contributed by atoms with E-state index in [1.165, 1.54) is 11.6 Å². The SMILES string of the molecule is CSc1ccc(-c2noc(C(C)Oc3ccc(-c4cc5c([nH]4)c(=O)n(C)c(=O)n5C)cc3)n2)cc1. The highest BCUT2D eigenvalue weighted by Gasteiger charge is 2.18. The maximum atomic E-state index is 12.5. The van der Waals surface area contributed by atoms with Gasteiger partial charge in [-0.2, -0.15) is 4.98 Å². The standard InChI is InChI=1S/C25H23N5O4S/c1-14(23-27-22(28-34-23)16-7-11-18(35-4)12-8-16)33-17-9-5-15(6-10-17)19-13-20-21(26-19)24(31)30(3)25(32)29(20)2/h5-14,26H,1-4H3. The quantitative estimate of drug-likeness (QED) is 0.357. The average molecular weight is 490 g/mol. The van der Waals surface area contributed by atoms with Gasteiger partial charge in [0.1, 0.15) is 11.3 Å². The minimum absolute atomic E-state index is 0.359. The van der Waals surface area contributed by atoms with Crippen molar-refractivity contribution in [1.82, 2.24) is 24.3 Å². The van der Waals surface area contributed by atoms with Crippen LogP contribution < -0.4 is 16.0 Å². The molecule has 0 radical (unpaired) electrons. The normalized spacial score (nSPS) is 12.2. The lowest BCUT2D eigenvalue weighted by molar-refractivity contribution is 0.176. The molecule has 0 aliphatic carbocycles. The summed E-state index contributed by atoms with van der Waals surface area (Å²) in [6.45, 7) is 1.84. The van der Waals surface area contributed by atoms with Crippen molar-refractivity contribution in [3.05, 3.63) is 81.3 Å². The van der Waals surface area contributed by atoms with Crippen molar-refractivity contribution in [3.8, 4) is 28.4 Å². The van der Waals surface area contributed by atoms with Crippen LogP contribution in [0.15, 0.2) is 73.6 Å². The van der Waals surface area contributed by atoms with Gasteiger partial charge < -0.3 is 14.2 Å². The number of benzene rings is 2. The summed E-state index contributed by atoms with van der Waals surface area (Å²) in [6.07, 6.45) is 1.58. The molecule has 1 N–H and O–H groups in total. The van der Waals surface area contributed by atoms with Crippen molar-refractivity contribution >= 4 is 22.8 Å². The largest absolute Gasteiger partial charge is 0.481 e. The van der Waals surface area contributed by atoms with E-state index in [0.29, 0.717) is 28.5 Å². The van der Waals surface area contributed by atoms with Crippen LogP contribution in [0.5, 0.6) is 5.75 Å². The maximum Gasteiger partial charge on any atom is 0.331 e. The number of aromatic nitrogens is 5. The summed E-state index contributed by atoms with van der Waals surface area (Å²) < 4.78 is 14.0. The van der Waals surface area contributed by atoms with Gasteiger partial charge in [0.05, 0.1) is 5.52 Å². The van der Waals surface area contributed by atoms with Gasteiger partial charge in [0.25, 0.3) is 11.4 Å². The average Bonchev–Trinajstić information content (AvgIpc) is 3.55. The van der Waals surface area contributed by atoms with E-state index >= 15 is 0 Å². The molecule has 5 aromatic rings. The van der Waals surface area contributed by atoms with Crippen molar-refractivity contribution in [2.45, 2.75) is 17.9 Å². The van der Waals surface area contributed by atoms with Crippen LogP contribution in [0.2, 0.25) is 0 Å². The van der Waals surface area contributed by atoms with Gasteiger partial charge >= 0.3 is 5.69 Å². The lowest BCUT2D eigenvalue weighted by Gasteiger charge is -2.11. The van der Waals surface area contributed by atoms with Crippen molar-refractivity contribution < 1.29 is 9.26 Å². The minimum Gasteiger partial charge on any atom is -0.481 e. The monoisotopic (exact) mass is 489 g/mol. The molecule has 5 rings (SSSR count). The topological polar surface area (TPSA) is 108 Å². The Morgan fingerprint density at radius 3 is 2.37 bits per heavy atom. The number of nitrogens with one attached hydrogen (secondary N) is 1. The van der Waals surface area contributed by atoms with E-state index in [4.69, 9.17) is 9.26 Å². The second kappa shape index (κ2) is 8.95. The number of thioether (sulfide) groups is 1. The van der Waals surface area contributed by atoms with Gasteiger partial charge in [-0.1, -0.05) is 5.16 Å². The van der Waals surface area contributed by atoms with Gasteiger partial charge in [0, 0.05) is 30.2 Å². The van der Waals surface area contributed by atoms with E-state index in [2.05, 4.69) is 15.1 Å². The first-order valence-corrected chi connectivity index (χ1v) is 12.1. The van der Waals surface area contributed by atoms with Crippen LogP contribution in [0.3, 0.4) is 0 Å². The Bertz CT molecular complexity index is 1630. The molecule has 10 heteroatoms. The predicted octanol–water partition coefficient (Wildman–Crippen LogP) is 4.14. The molecular formula is C25H23N5O4S. The van der Waals surface area contributed by atoms with Gasteiger partial charge in [0.15, 0.2) is 6.10 Å². The number of aryl methyl sites for hydroxylation is 1. The maximum absolute atomic E-state index is 12.5. The Balaban J connectivity index is 1.34. The summed E-state index contributed by atoms with van der Waals surface area (Å²) in [4.78, 5) is 33.4. The highest BCUT2D eigenvalue weighted by atomic mass is 32.2. The number of aromatic amines is 1. The van der Waals surface area contributed by atoms with E-state index in [1.807, 2.05) is 61.7 Å². The second-order valence-electron chi connectivity index (χ2n) is 8.12. The van der Waals surface area contributed by atoms with Gasteiger partial charge in [-0.15, -0.1) is 11.8 Å². The highest BCUT2D eigenvalue weighted by Crippen LogP contribution is 2.28. The van der Waals surface area contributed by atoms with Crippen LogP contribution in [0, 0.1) is 0 Å². The van der Waals surface area contributed by atoms with E-state index < -0.39 is 6.10 Å². The molecule has 3 heterocycles. The summed E-state index contributed by atoms with van der Waals surface area (Å²) in [5.41, 5.74) is 2.66. The smallest absolute Gasteiger partial charge is 0.331 e. The third-order valence-electron chi connectivity index (χ3n) is 5.87. The molecule has 0 amide bonds. The van der Waals surface area contributed by atoms with Crippen molar-refractivity contribution in [2.24, 2.45) is 14.1 Å². The molecule has 0 spiro atoms. The second-order valence-corrected chi connectivity index (χ2v) is 9.00. The number of nitrogens with zero attached hydrogens (tertiary/aromatic N) is 4. The van der Waals surface area contributed by atoms with Crippen LogP contribution in [0.25, 0.3) is 33.7 Å². The molecule has 0 aliphatic rings. The first-order valence-electron chi connectivity index (χ1n) is 10.9. The fourth-order valence-electron chi connectivity index (χ4n) is 3.83. The molecule has 0 aliphatic heterocycles. The molecule has 9 nitrogen and oxygen atoms in total. The van der Waals surface area contributed by atoms with Gasteiger partial charge in [-0.25, -0.2) is 4.79 Å². The van der Waals surface area contributed by atoms with Crippen molar-refractivity contribution in [1.29, 1.82) is 0 Å². The van der Waals surface area contributed by atoms with E-state index in [9.17, 15) is 9.59 Å². The van der Waals surface area contributed by atoms with Crippen LogP contribution in [-0.4, -0.2) is 30.5 Å². The number of H-pyrrole nitrogens is 1. The minimum atomic E-state index is -0.446. The Kier molecular flexibility index (Phi) is 5.81. The number of hydrogen-bond acceptors (Lipinski definition) is 7. The molecule has 0 bridgehead atoms. The van der Waals surface area contributed by atoms with Crippen LogP contribution >= 0.6 is 11.8 Å². The summed E-state index contributed by atoms with van der Waals surface area (Å²) >= 11 is 1.67. The lowest BCUT2D eigenvalue weighted by Crippen LogP contribution is -2.36. The molecule has 35 heavy (non-hydrogen) atoms. The van der Waals surface area contributed by atoms with Gasteiger partial charge in [0.2, 0.25) is 5.82 Å². The molecular weight excluding hydrogens is 466 g/mol. The Morgan fingerprint density at radius 1 is 1.00 bits per heavy atom. The van der Waals surface area contributed by atoms with E-state index in [0.717, 1.165) is 26.3 Å². The van der Waals surface area contributed by atoms with Crippen LogP contribution in [0.4, 0.5) is 0 Å². The molecule has 1 atom stereocenters. The Hall–Kier alpha value is -4.05. The molecule has 0 saturated heterocycles. The molecule has 178 valence electrons. The molecule has 3 aromatic heterocycles. The zero-order valence-electron chi connectivity index (χ0n) is 19.6. The number of hydrogen-bond donors (Lipinski definition) is 1. The molecule has 1 unspecified atom stereocenters. The van der Waals surface area contributed by atoms with Crippen LogP contribution in [0.1, 0.15) is 18.9 Å². The number of rotatable bonds is 6. The highest BCUT2D eigenvalue weighted by molar-refractivity contribution is 7.98. The lowest BCUT2D eigenvalue weighted by atomic mass is 10.1. The fourth-order valence-corrected chi connectivity index (χ4v) is 4.24. The van der Waals surface area contributed by atoms with Crippen molar-refractivity contribution in [2.75, 3.05) is 6.26 Å².